The molecule has 0 saturated carbocycles. The van der Waals surface area contributed by atoms with Gasteiger partial charge in [-0.3, -0.25) is 0 Å². The second kappa shape index (κ2) is 39.5. The molecule has 0 unspecified atom stereocenters. The topological polar surface area (TPSA) is 25.3 Å². The standard InChI is InChI=1S/C52H80N2.2C8H9.Ni/c1-5-9-12-13-14-15-16-17-18-19-20-21-22-23-24-25-26-27-28-29-30-31-32-33-42-50-49(41-11-7-3)52(48-40-35-38-46(44-48)36-10-6-2)54(53)51(50)47-39-34-37-45(8-4)43-47;2*1-2-8-6-4-3-5-7-8;/h34-35,37-40,43-44H,5-32,36,41H2,1-4H3;2*3-7H,1-2H2;. The van der Waals surface area contributed by atoms with Crippen molar-refractivity contribution in [2.75, 3.05) is 0 Å². The summed E-state index contributed by atoms with van der Waals surface area (Å²) in [5.74, 6) is 7.22. The molecule has 0 atom stereocenters. The van der Waals surface area contributed by atoms with E-state index < -0.39 is 0 Å². The Hall–Kier alpha value is -3.99. The molecule has 0 aromatic heterocycles. The Morgan fingerprint density at radius 1 is 0.394 bits per heavy atom. The molecule has 1 aliphatic rings. The summed E-state index contributed by atoms with van der Waals surface area (Å²) in [6.07, 6.45) is 41.8. The first-order chi connectivity index (χ1) is 35.1. The van der Waals surface area contributed by atoms with Gasteiger partial charge in [0, 0.05) is 23.1 Å². The number of rotatable bonds is 37. The van der Waals surface area contributed by atoms with E-state index >= 15 is 0 Å². The maximum absolute atomic E-state index is 12.0. The van der Waals surface area contributed by atoms with E-state index in [1.807, 2.05) is 14.4 Å². The van der Waals surface area contributed by atoms with Gasteiger partial charge in [0.15, 0.2) is 0 Å². The Kier molecular flexibility index (Phi) is 33.2. The molecule has 1 aliphatic heterocycles. The maximum atomic E-state index is 12.0. The van der Waals surface area contributed by atoms with Crippen molar-refractivity contribution in [1.82, 2.24) is 0 Å². The van der Waals surface area contributed by atoms with Gasteiger partial charge in [0.2, 0.25) is 11.4 Å². The third kappa shape index (κ3) is 25.0. The predicted octanol–water partition coefficient (Wildman–Crippen LogP) is 21.3. The van der Waals surface area contributed by atoms with Crippen molar-refractivity contribution < 1.29 is 19.1 Å². The minimum atomic E-state index is 0.854. The fourth-order valence-corrected chi connectivity index (χ4v) is 10.9. The van der Waals surface area contributed by atoms with Crippen LogP contribution in [-0.4, -0.2) is 4.70 Å². The second-order valence-electron chi connectivity index (χ2n) is 20.2. The molecule has 3 heteroatoms. The van der Waals surface area contributed by atoms with E-state index in [1.165, 1.54) is 204 Å². The van der Waals surface area contributed by atoms with Gasteiger partial charge in [-0.1, -0.05) is 211 Å². The van der Waals surface area contributed by atoms with E-state index in [2.05, 4.69) is 149 Å². The third-order valence-corrected chi connectivity index (χ3v) is 15.4. The van der Waals surface area contributed by atoms with Gasteiger partial charge in [0.25, 0.3) is 0 Å². The molecule has 0 fully saturated rings. The van der Waals surface area contributed by atoms with Crippen LogP contribution in [0.1, 0.15) is 241 Å². The van der Waals surface area contributed by atoms with Crippen LogP contribution in [-0.2, 0) is 40.1 Å². The number of allylic oxidation sites excluding steroid dienone is 2. The van der Waals surface area contributed by atoms with Crippen LogP contribution in [0.2, 0.25) is 10.8 Å². The van der Waals surface area contributed by atoms with E-state index in [-0.39, 0.29) is 0 Å². The first-order valence-electron chi connectivity index (χ1n) is 29.3. The van der Waals surface area contributed by atoms with Crippen molar-refractivity contribution in [1.29, 1.82) is 0 Å². The van der Waals surface area contributed by atoms with Gasteiger partial charge in [0.05, 0.1) is 0 Å². The normalized spacial score (nSPS) is 12.4. The molecular weight excluding hydrogens is 903 g/mol. The fourth-order valence-electron chi connectivity index (χ4n) is 9.73. The zero-order chi connectivity index (χ0) is 50.2. The molecule has 71 heavy (non-hydrogen) atoms. The van der Waals surface area contributed by atoms with E-state index in [0.29, 0.717) is 0 Å². The molecule has 4 aromatic carbocycles. The molecule has 0 bridgehead atoms. The van der Waals surface area contributed by atoms with E-state index in [0.717, 1.165) is 73.0 Å². The average molecular weight is 1000 g/mol. The van der Waals surface area contributed by atoms with Crippen molar-refractivity contribution in [3.8, 4) is 11.8 Å². The quantitative estimate of drug-likeness (QED) is 0.0186. The van der Waals surface area contributed by atoms with Gasteiger partial charge < -0.3 is 5.53 Å². The molecular formula is C68H98N2Ni. The third-order valence-electron chi connectivity index (χ3n) is 14.2. The van der Waals surface area contributed by atoms with E-state index in [9.17, 15) is 5.53 Å². The second-order valence-corrected chi connectivity index (χ2v) is 21.7. The molecule has 0 amide bonds. The number of aryl methyl sites for hydroxylation is 4. The van der Waals surface area contributed by atoms with Crippen LogP contribution in [0, 0.1) is 11.8 Å². The Morgan fingerprint density at radius 3 is 1.28 bits per heavy atom. The Balaban J connectivity index is 0.000000537. The molecule has 0 N–H and O–H groups in total. The SMILES string of the molecule is CCCCCCCCCCCCCCCCCCCCCCCCC#CC1=C(c2cccc(CC)c2)[N+](=[N-])C(c2cccc(CCCC)c2)=C1CCCC.c1ccc(C[CH2][Ni][CH2]Cc2ccccc2)cc1. The fraction of sp³-hybridized carbons (Fsp3) is 0.559. The zero-order valence-electron chi connectivity index (χ0n) is 45.6. The van der Waals surface area contributed by atoms with Gasteiger partial charge in [-0.05, 0) is 73.9 Å². The van der Waals surface area contributed by atoms with Crippen molar-refractivity contribution in [2.45, 2.75) is 244 Å². The summed E-state index contributed by atoms with van der Waals surface area (Å²) < 4.78 is 1.47. The van der Waals surface area contributed by atoms with Gasteiger partial charge in [-0.15, -0.1) is 0 Å². The first kappa shape index (κ1) is 59.6. The summed E-state index contributed by atoms with van der Waals surface area (Å²) in [6, 6.07) is 39.0. The number of benzene rings is 4. The molecule has 5 rings (SSSR count). The number of nitrogens with zero attached hydrogens (tertiary/aromatic N) is 2. The van der Waals surface area contributed by atoms with E-state index in [1.54, 1.807) is 0 Å². The zero-order valence-corrected chi connectivity index (χ0v) is 46.6. The summed E-state index contributed by atoms with van der Waals surface area (Å²) in [6.45, 7) is 8.99. The van der Waals surface area contributed by atoms with Crippen LogP contribution in [0.4, 0.5) is 0 Å². The Morgan fingerprint density at radius 2 is 0.803 bits per heavy atom. The first-order valence-corrected chi connectivity index (χ1v) is 30.7. The summed E-state index contributed by atoms with van der Waals surface area (Å²) in [7, 11) is 0. The predicted molar refractivity (Wildman–Crippen MR) is 307 cm³/mol. The van der Waals surface area contributed by atoms with Gasteiger partial charge >= 0.3 is 110 Å². The summed E-state index contributed by atoms with van der Waals surface area (Å²) >= 11 is 1.86. The molecule has 0 aliphatic carbocycles. The minimum absolute atomic E-state index is 0.854. The summed E-state index contributed by atoms with van der Waals surface area (Å²) in [5, 5.41) is 2.48. The number of unbranched alkanes of at least 4 members (excludes halogenated alkanes) is 24. The summed E-state index contributed by atoms with van der Waals surface area (Å²) in [4.78, 5) is 0. The van der Waals surface area contributed by atoms with E-state index in [4.69, 9.17) is 0 Å². The molecule has 0 spiro atoms. The van der Waals surface area contributed by atoms with Crippen LogP contribution in [0.25, 0.3) is 16.9 Å². The van der Waals surface area contributed by atoms with Gasteiger partial charge in [-0.25, -0.2) is 4.70 Å². The molecule has 0 saturated heterocycles. The van der Waals surface area contributed by atoms with Crippen molar-refractivity contribution in [3.63, 3.8) is 0 Å². The van der Waals surface area contributed by atoms with Crippen LogP contribution >= 0.6 is 0 Å². The molecule has 390 valence electrons. The molecule has 1 heterocycles. The van der Waals surface area contributed by atoms with Gasteiger partial charge in [0.1, 0.15) is 5.57 Å². The monoisotopic (exact) mass is 1000 g/mol. The Bertz CT molecular complexity index is 2080. The summed E-state index contributed by atoms with van der Waals surface area (Å²) in [5.41, 5.74) is 23.6. The van der Waals surface area contributed by atoms with Crippen LogP contribution in [0.3, 0.4) is 0 Å². The van der Waals surface area contributed by atoms with Crippen LogP contribution in [0.15, 0.2) is 120 Å². The van der Waals surface area contributed by atoms with Gasteiger partial charge in [-0.2, -0.15) is 0 Å². The number of hydrogen-bond donors (Lipinski definition) is 0. The van der Waals surface area contributed by atoms with Crippen molar-refractivity contribution >= 4 is 11.4 Å². The van der Waals surface area contributed by atoms with Crippen molar-refractivity contribution in [2.24, 2.45) is 0 Å². The Labute approximate surface area is 443 Å². The van der Waals surface area contributed by atoms with Crippen molar-refractivity contribution in [3.05, 3.63) is 159 Å². The molecule has 0 radical (unpaired) electrons. The van der Waals surface area contributed by atoms with Crippen LogP contribution in [0.5, 0.6) is 0 Å². The molecule has 2 nitrogen and oxygen atoms in total. The average Bonchev–Trinajstić information content (AvgIpc) is 3.69. The van der Waals surface area contributed by atoms with Crippen LogP contribution < -0.4 is 0 Å². The molecule has 4 aromatic rings. The number of hydrogen-bond acceptors (Lipinski definition) is 0.